The summed E-state index contributed by atoms with van der Waals surface area (Å²) in [4.78, 5) is 21.4. The molecule has 0 atom stereocenters. The first-order valence-corrected chi connectivity index (χ1v) is 6.44. The lowest BCUT2D eigenvalue weighted by molar-refractivity contribution is -0.120. The third-order valence-corrected chi connectivity index (χ3v) is 3.91. The van der Waals surface area contributed by atoms with Gasteiger partial charge in [-0.25, -0.2) is 8.42 Å². The van der Waals surface area contributed by atoms with Crippen molar-refractivity contribution in [1.82, 2.24) is 14.1 Å². The second-order valence-electron chi connectivity index (χ2n) is 3.76. The molecular formula is C8H14N6O4S. The molecule has 1 aromatic heterocycles. The minimum atomic E-state index is -4.18. The van der Waals surface area contributed by atoms with Crippen molar-refractivity contribution < 1.29 is 18.0 Å². The highest BCUT2D eigenvalue weighted by Crippen LogP contribution is 2.20. The number of nitrogens with zero attached hydrogens (tertiary/aromatic N) is 3. The highest BCUT2D eigenvalue weighted by molar-refractivity contribution is 7.89. The number of hydrogen-bond acceptors (Lipinski definition) is 6. The lowest BCUT2D eigenvalue weighted by atomic mass is 10.5. The van der Waals surface area contributed by atoms with Gasteiger partial charge in [-0.3, -0.25) is 14.3 Å². The van der Waals surface area contributed by atoms with Gasteiger partial charge in [0.1, 0.15) is 4.90 Å². The van der Waals surface area contributed by atoms with E-state index in [1.165, 1.54) is 11.7 Å². The lowest BCUT2D eigenvalue weighted by Crippen LogP contribution is -2.43. The zero-order valence-corrected chi connectivity index (χ0v) is 10.9. The fourth-order valence-electron chi connectivity index (χ4n) is 1.40. The number of carbonyl (C=O) groups is 2. The van der Waals surface area contributed by atoms with Crippen molar-refractivity contribution in [2.45, 2.75) is 4.90 Å². The maximum atomic E-state index is 12.2. The Hall–Kier alpha value is -2.14. The molecule has 19 heavy (non-hydrogen) atoms. The van der Waals surface area contributed by atoms with Crippen LogP contribution in [-0.4, -0.2) is 47.4 Å². The SMILES string of the molecule is Cn1cc(S(=O)(=O)N(CC(N)=O)CC(N)=O)c(N)n1. The van der Waals surface area contributed by atoms with Crippen LogP contribution in [0, 0.1) is 0 Å². The van der Waals surface area contributed by atoms with Crippen molar-refractivity contribution in [2.24, 2.45) is 18.5 Å². The molecule has 0 aromatic carbocycles. The number of nitrogen functional groups attached to an aromatic ring is 1. The molecule has 1 heterocycles. The largest absolute Gasteiger partial charge is 0.381 e. The van der Waals surface area contributed by atoms with E-state index in [-0.39, 0.29) is 10.7 Å². The molecule has 0 spiro atoms. The summed E-state index contributed by atoms with van der Waals surface area (Å²) in [6, 6.07) is 0. The zero-order chi connectivity index (χ0) is 14.8. The number of anilines is 1. The number of primary amides is 2. The summed E-state index contributed by atoms with van der Waals surface area (Å²) in [5, 5.41) is 3.67. The monoisotopic (exact) mass is 290 g/mol. The minimum Gasteiger partial charge on any atom is -0.381 e. The van der Waals surface area contributed by atoms with Crippen LogP contribution in [0.4, 0.5) is 5.82 Å². The van der Waals surface area contributed by atoms with Gasteiger partial charge in [-0.2, -0.15) is 9.40 Å². The number of aryl methyl sites for hydroxylation is 1. The summed E-state index contributed by atoms with van der Waals surface area (Å²) in [6.07, 6.45) is 1.15. The number of amides is 2. The number of nitrogens with two attached hydrogens (primary N) is 3. The van der Waals surface area contributed by atoms with Gasteiger partial charge >= 0.3 is 0 Å². The second-order valence-corrected chi connectivity index (χ2v) is 5.66. The molecule has 0 aliphatic rings. The summed E-state index contributed by atoms with van der Waals surface area (Å²) in [5.74, 6) is -2.10. The van der Waals surface area contributed by atoms with E-state index in [0.717, 1.165) is 6.20 Å². The normalized spacial score (nSPS) is 11.7. The molecule has 1 rings (SSSR count). The minimum absolute atomic E-state index is 0.249. The highest BCUT2D eigenvalue weighted by atomic mass is 32.2. The van der Waals surface area contributed by atoms with Crippen LogP contribution >= 0.6 is 0 Å². The molecule has 0 saturated carbocycles. The summed E-state index contributed by atoms with van der Waals surface area (Å²) >= 11 is 0. The van der Waals surface area contributed by atoms with Crippen LogP contribution in [-0.2, 0) is 26.7 Å². The average Bonchev–Trinajstić information content (AvgIpc) is 2.56. The molecule has 1 aromatic rings. The Kier molecular flexibility index (Phi) is 4.11. The number of carbonyl (C=O) groups excluding carboxylic acids is 2. The standard InChI is InChI=1S/C8H14N6O4S/c1-13-2-5(8(11)12-13)19(17,18)14(3-6(9)15)4-7(10)16/h2H,3-4H2,1H3,(H2,9,15)(H2,10,16)(H2,11,12). The number of sulfonamides is 1. The molecule has 2 amide bonds. The van der Waals surface area contributed by atoms with Crippen LogP contribution in [0.25, 0.3) is 0 Å². The lowest BCUT2D eigenvalue weighted by Gasteiger charge is -2.18. The fraction of sp³-hybridized carbons (Fsp3) is 0.375. The van der Waals surface area contributed by atoms with E-state index in [1.54, 1.807) is 0 Å². The molecule has 11 heteroatoms. The molecule has 106 valence electrons. The van der Waals surface area contributed by atoms with Crippen LogP contribution in [0.15, 0.2) is 11.1 Å². The smallest absolute Gasteiger partial charge is 0.249 e. The Morgan fingerprint density at radius 3 is 2.11 bits per heavy atom. The Labute approximate surface area is 109 Å². The predicted molar refractivity (Wildman–Crippen MR) is 64.8 cm³/mol. The molecule has 6 N–H and O–H groups in total. The quantitative estimate of drug-likeness (QED) is 0.503. The van der Waals surface area contributed by atoms with E-state index >= 15 is 0 Å². The zero-order valence-electron chi connectivity index (χ0n) is 10.1. The van der Waals surface area contributed by atoms with Crippen LogP contribution in [0.1, 0.15) is 0 Å². The van der Waals surface area contributed by atoms with Crippen LogP contribution in [0.5, 0.6) is 0 Å². The van der Waals surface area contributed by atoms with E-state index in [1.807, 2.05) is 0 Å². The van der Waals surface area contributed by atoms with Crippen molar-refractivity contribution in [3.05, 3.63) is 6.20 Å². The van der Waals surface area contributed by atoms with Gasteiger partial charge in [-0.1, -0.05) is 0 Å². The van der Waals surface area contributed by atoms with Crippen molar-refractivity contribution in [3.63, 3.8) is 0 Å². The van der Waals surface area contributed by atoms with Gasteiger partial charge in [0.25, 0.3) is 0 Å². The third-order valence-electron chi connectivity index (χ3n) is 2.10. The summed E-state index contributed by atoms with van der Waals surface area (Å²) in [6.45, 7) is -1.36. The molecule has 0 radical (unpaired) electrons. The molecule has 0 unspecified atom stereocenters. The molecular weight excluding hydrogens is 276 g/mol. The van der Waals surface area contributed by atoms with Crippen molar-refractivity contribution in [1.29, 1.82) is 0 Å². The van der Waals surface area contributed by atoms with E-state index in [0.29, 0.717) is 4.31 Å². The van der Waals surface area contributed by atoms with Crippen LogP contribution in [0.3, 0.4) is 0 Å². The molecule has 0 aliphatic heterocycles. The van der Waals surface area contributed by atoms with Gasteiger partial charge in [-0.15, -0.1) is 0 Å². The van der Waals surface area contributed by atoms with Crippen molar-refractivity contribution in [2.75, 3.05) is 18.8 Å². The summed E-state index contributed by atoms with van der Waals surface area (Å²) in [7, 11) is -2.70. The van der Waals surface area contributed by atoms with Gasteiger partial charge in [0.05, 0.1) is 13.1 Å². The predicted octanol–water partition coefficient (Wildman–Crippen LogP) is -3.04. The van der Waals surface area contributed by atoms with E-state index in [4.69, 9.17) is 17.2 Å². The number of aromatic nitrogens is 2. The molecule has 0 saturated heterocycles. The van der Waals surface area contributed by atoms with Gasteiger partial charge in [0, 0.05) is 13.2 Å². The van der Waals surface area contributed by atoms with E-state index in [9.17, 15) is 18.0 Å². The molecule has 10 nitrogen and oxygen atoms in total. The molecule has 0 aliphatic carbocycles. The first-order chi connectivity index (χ1) is 8.64. The first kappa shape index (κ1) is 14.9. The Bertz CT molecular complexity index is 591. The van der Waals surface area contributed by atoms with Gasteiger partial charge in [0.2, 0.25) is 21.8 Å². The maximum absolute atomic E-state index is 12.2. The topological polar surface area (TPSA) is 167 Å². The van der Waals surface area contributed by atoms with Crippen LogP contribution < -0.4 is 17.2 Å². The summed E-state index contributed by atoms with van der Waals surface area (Å²) < 4.78 is 26.2. The number of hydrogen-bond donors (Lipinski definition) is 3. The Morgan fingerprint density at radius 2 is 1.79 bits per heavy atom. The molecule has 0 bridgehead atoms. The van der Waals surface area contributed by atoms with Gasteiger partial charge in [0.15, 0.2) is 5.82 Å². The van der Waals surface area contributed by atoms with Crippen molar-refractivity contribution >= 4 is 27.7 Å². The Morgan fingerprint density at radius 1 is 1.32 bits per heavy atom. The van der Waals surface area contributed by atoms with E-state index in [2.05, 4.69) is 5.10 Å². The van der Waals surface area contributed by atoms with Gasteiger partial charge in [-0.05, 0) is 0 Å². The fourth-order valence-corrected chi connectivity index (χ4v) is 2.86. The first-order valence-electron chi connectivity index (χ1n) is 5.00. The van der Waals surface area contributed by atoms with Crippen molar-refractivity contribution in [3.8, 4) is 0 Å². The average molecular weight is 290 g/mol. The highest BCUT2D eigenvalue weighted by Gasteiger charge is 2.30. The molecule has 0 fully saturated rings. The second kappa shape index (κ2) is 5.24. The van der Waals surface area contributed by atoms with Crippen LogP contribution in [0.2, 0.25) is 0 Å². The summed E-state index contributed by atoms with van der Waals surface area (Å²) in [5.41, 5.74) is 15.3. The third kappa shape index (κ3) is 3.42. The number of rotatable bonds is 6. The maximum Gasteiger partial charge on any atom is 0.249 e. The van der Waals surface area contributed by atoms with Gasteiger partial charge < -0.3 is 17.2 Å². The Balaban J connectivity index is 3.22. The van der Waals surface area contributed by atoms with E-state index < -0.39 is 34.9 Å².